The summed E-state index contributed by atoms with van der Waals surface area (Å²) in [7, 11) is 2.67. The Labute approximate surface area is 193 Å². The second kappa shape index (κ2) is 11.0. The third-order valence-corrected chi connectivity index (χ3v) is 5.71. The fourth-order valence-corrected chi connectivity index (χ4v) is 4.01. The van der Waals surface area contributed by atoms with E-state index in [-0.39, 0.29) is 25.0 Å². The summed E-state index contributed by atoms with van der Waals surface area (Å²) in [6.07, 6.45) is -0.742. The van der Waals surface area contributed by atoms with E-state index in [9.17, 15) is 14.4 Å². The summed E-state index contributed by atoms with van der Waals surface area (Å²) in [6.45, 7) is 3.61. The van der Waals surface area contributed by atoms with Crippen molar-refractivity contribution in [2.24, 2.45) is 5.92 Å². The fraction of sp³-hybridized carbons (Fsp3) is 0.400. The zero-order chi connectivity index (χ0) is 24.0. The molecule has 0 radical (unpaired) electrons. The van der Waals surface area contributed by atoms with Crippen LogP contribution < -0.4 is 10.6 Å². The van der Waals surface area contributed by atoms with Crippen molar-refractivity contribution in [1.29, 1.82) is 0 Å². The number of amides is 2. The van der Waals surface area contributed by atoms with Crippen molar-refractivity contribution in [3.8, 4) is 11.1 Å². The van der Waals surface area contributed by atoms with E-state index in [0.29, 0.717) is 0 Å². The van der Waals surface area contributed by atoms with Crippen LogP contribution in [0.15, 0.2) is 48.5 Å². The molecule has 8 heteroatoms. The Morgan fingerprint density at radius 3 is 2.00 bits per heavy atom. The van der Waals surface area contributed by atoms with Crippen molar-refractivity contribution >= 4 is 18.0 Å². The number of benzene rings is 2. The van der Waals surface area contributed by atoms with E-state index >= 15 is 0 Å². The first-order valence-corrected chi connectivity index (χ1v) is 10.9. The first kappa shape index (κ1) is 24.3. The molecule has 2 atom stereocenters. The molecule has 2 amide bonds. The topological polar surface area (TPSA) is 103 Å². The van der Waals surface area contributed by atoms with Gasteiger partial charge in [-0.25, -0.2) is 9.59 Å². The number of alkyl carbamates (subject to hydrolysis) is 1. The molecule has 2 N–H and O–H groups in total. The molecule has 176 valence electrons. The zero-order valence-electron chi connectivity index (χ0n) is 19.3. The highest BCUT2D eigenvalue weighted by molar-refractivity contribution is 5.90. The van der Waals surface area contributed by atoms with E-state index in [1.165, 1.54) is 14.2 Å². The summed E-state index contributed by atoms with van der Waals surface area (Å²) in [5.74, 6) is -1.41. The van der Waals surface area contributed by atoms with Crippen LogP contribution in [0.2, 0.25) is 0 Å². The summed E-state index contributed by atoms with van der Waals surface area (Å²) in [4.78, 5) is 37.2. The number of rotatable bonds is 9. The standard InChI is InChI=1S/C25H30N2O6/c1-15(2)22(24(29)32-4)27-23(28)21(14-31-3)26-25(30)33-13-20-18-11-7-5-9-16(18)17-10-6-8-12-19(17)20/h5-12,15,20-22H,13-14H2,1-4H3,(H,26,30)(H,27,28)/t21-,22-/m0/s1. The predicted octanol–water partition coefficient (Wildman–Crippen LogP) is 2.85. The molecule has 0 bridgehead atoms. The average molecular weight is 455 g/mol. The van der Waals surface area contributed by atoms with Crippen LogP contribution in [-0.2, 0) is 23.8 Å². The Hall–Kier alpha value is -3.39. The van der Waals surface area contributed by atoms with E-state index in [1.807, 2.05) is 36.4 Å². The maximum Gasteiger partial charge on any atom is 0.407 e. The maximum atomic E-state index is 12.7. The van der Waals surface area contributed by atoms with Gasteiger partial charge in [-0.05, 0) is 28.2 Å². The van der Waals surface area contributed by atoms with Gasteiger partial charge in [0.1, 0.15) is 18.7 Å². The van der Waals surface area contributed by atoms with Crippen molar-refractivity contribution < 1.29 is 28.6 Å². The van der Waals surface area contributed by atoms with Gasteiger partial charge < -0.3 is 24.8 Å². The van der Waals surface area contributed by atoms with Gasteiger partial charge in [0.2, 0.25) is 5.91 Å². The number of carbonyl (C=O) groups is 3. The molecule has 0 unspecified atom stereocenters. The fourth-order valence-electron chi connectivity index (χ4n) is 4.01. The molecule has 0 aliphatic heterocycles. The molecular weight excluding hydrogens is 424 g/mol. The summed E-state index contributed by atoms with van der Waals surface area (Å²) < 4.78 is 15.3. The van der Waals surface area contributed by atoms with Crippen molar-refractivity contribution in [3.05, 3.63) is 59.7 Å². The molecule has 0 saturated heterocycles. The molecule has 2 aromatic rings. The van der Waals surface area contributed by atoms with Crippen LogP contribution in [0, 0.1) is 5.92 Å². The summed E-state index contributed by atoms with van der Waals surface area (Å²) in [5.41, 5.74) is 4.44. The third kappa shape index (κ3) is 5.51. The number of nitrogens with one attached hydrogen (secondary N) is 2. The van der Waals surface area contributed by atoms with Crippen LogP contribution in [0.5, 0.6) is 0 Å². The lowest BCUT2D eigenvalue weighted by atomic mass is 9.98. The van der Waals surface area contributed by atoms with Gasteiger partial charge in [-0.15, -0.1) is 0 Å². The normalized spacial score (nSPS) is 14.1. The van der Waals surface area contributed by atoms with Crippen LogP contribution in [0.3, 0.4) is 0 Å². The van der Waals surface area contributed by atoms with Crippen molar-refractivity contribution in [3.63, 3.8) is 0 Å². The maximum absolute atomic E-state index is 12.7. The number of fused-ring (bicyclic) bond motifs is 3. The largest absolute Gasteiger partial charge is 0.467 e. The third-order valence-electron chi connectivity index (χ3n) is 5.71. The quantitative estimate of drug-likeness (QED) is 0.565. The van der Waals surface area contributed by atoms with Gasteiger partial charge in [-0.1, -0.05) is 62.4 Å². The smallest absolute Gasteiger partial charge is 0.407 e. The Morgan fingerprint density at radius 2 is 1.48 bits per heavy atom. The molecule has 0 spiro atoms. The number of hydrogen-bond donors (Lipinski definition) is 2. The Morgan fingerprint density at radius 1 is 0.909 bits per heavy atom. The number of carbonyl (C=O) groups excluding carboxylic acids is 3. The number of methoxy groups -OCH3 is 2. The molecular formula is C25H30N2O6. The van der Waals surface area contributed by atoms with Gasteiger partial charge >= 0.3 is 12.1 Å². The monoisotopic (exact) mass is 454 g/mol. The highest BCUT2D eigenvalue weighted by atomic mass is 16.5. The van der Waals surface area contributed by atoms with E-state index in [2.05, 4.69) is 22.8 Å². The number of hydrogen-bond acceptors (Lipinski definition) is 6. The minimum absolute atomic E-state index is 0.0813. The molecule has 2 aromatic carbocycles. The lowest BCUT2D eigenvalue weighted by Crippen LogP contribution is -2.55. The van der Waals surface area contributed by atoms with Crippen LogP contribution in [0.25, 0.3) is 11.1 Å². The van der Waals surface area contributed by atoms with Crippen LogP contribution in [0.1, 0.15) is 30.9 Å². The van der Waals surface area contributed by atoms with E-state index in [4.69, 9.17) is 14.2 Å². The SMILES string of the molecule is COC[C@H](NC(=O)OCC1c2ccccc2-c2ccccc21)C(=O)N[C@H](C(=O)OC)C(C)C. The number of ether oxygens (including phenoxy) is 3. The molecule has 8 nitrogen and oxygen atoms in total. The van der Waals surface area contributed by atoms with E-state index in [1.54, 1.807) is 13.8 Å². The second-order valence-corrected chi connectivity index (χ2v) is 8.23. The van der Waals surface area contributed by atoms with Crippen molar-refractivity contribution in [2.75, 3.05) is 27.4 Å². The van der Waals surface area contributed by atoms with Gasteiger partial charge in [0, 0.05) is 13.0 Å². The minimum atomic E-state index is -1.03. The lowest BCUT2D eigenvalue weighted by molar-refractivity contribution is -0.146. The van der Waals surface area contributed by atoms with E-state index in [0.717, 1.165) is 22.3 Å². The lowest BCUT2D eigenvalue weighted by Gasteiger charge is -2.24. The Bertz CT molecular complexity index is 960. The Balaban J connectivity index is 1.65. The summed E-state index contributed by atoms with van der Waals surface area (Å²) in [6, 6.07) is 14.2. The Kier molecular flexibility index (Phi) is 8.06. The first-order valence-electron chi connectivity index (χ1n) is 10.9. The van der Waals surface area contributed by atoms with Gasteiger partial charge in [0.05, 0.1) is 13.7 Å². The zero-order valence-corrected chi connectivity index (χ0v) is 19.3. The molecule has 3 rings (SSSR count). The van der Waals surface area contributed by atoms with Crippen LogP contribution >= 0.6 is 0 Å². The van der Waals surface area contributed by atoms with Gasteiger partial charge in [-0.2, -0.15) is 0 Å². The molecule has 1 aliphatic rings. The highest BCUT2D eigenvalue weighted by Crippen LogP contribution is 2.44. The van der Waals surface area contributed by atoms with Gasteiger partial charge in [0.15, 0.2) is 0 Å². The summed E-state index contributed by atoms with van der Waals surface area (Å²) in [5, 5.41) is 5.16. The summed E-state index contributed by atoms with van der Waals surface area (Å²) >= 11 is 0. The second-order valence-electron chi connectivity index (χ2n) is 8.23. The van der Waals surface area contributed by atoms with Crippen molar-refractivity contribution in [1.82, 2.24) is 10.6 Å². The molecule has 0 aromatic heterocycles. The van der Waals surface area contributed by atoms with Crippen molar-refractivity contribution in [2.45, 2.75) is 31.8 Å². The molecule has 0 saturated carbocycles. The number of esters is 1. The van der Waals surface area contributed by atoms with Gasteiger partial charge in [0.25, 0.3) is 0 Å². The predicted molar refractivity (Wildman–Crippen MR) is 123 cm³/mol. The average Bonchev–Trinajstić information content (AvgIpc) is 3.13. The molecule has 1 aliphatic carbocycles. The van der Waals surface area contributed by atoms with Crippen LogP contribution in [-0.4, -0.2) is 57.5 Å². The molecule has 33 heavy (non-hydrogen) atoms. The minimum Gasteiger partial charge on any atom is -0.467 e. The van der Waals surface area contributed by atoms with Gasteiger partial charge in [-0.3, -0.25) is 4.79 Å². The van der Waals surface area contributed by atoms with E-state index < -0.39 is 30.1 Å². The molecule has 0 fully saturated rings. The first-order chi connectivity index (χ1) is 15.9. The van der Waals surface area contributed by atoms with Crippen LogP contribution in [0.4, 0.5) is 4.79 Å². The molecule has 0 heterocycles. The highest BCUT2D eigenvalue weighted by Gasteiger charge is 2.31.